The molecule has 1 atom stereocenters. The summed E-state index contributed by atoms with van der Waals surface area (Å²) in [4.78, 5) is 18.2. The van der Waals surface area contributed by atoms with Gasteiger partial charge in [-0.2, -0.15) is 0 Å². The molecule has 0 aromatic heterocycles. The fraction of sp³-hybridized carbons (Fsp3) is 0.611. The van der Waals surface area contributed by atoms with E-state index >= 15 is 0 Å². The third-order valence-corrected chi connectivity index (χ3v) is 4.79. The van der Waals surface area contributed by atoms with Crippen molar-refractivity contribution in [2.24, 2.45) is 0 Å². The lowest BCUT2D eigenvalue weighted by atomic mass is 10.2. The van der Waals surface area contributed by atoms with Crippen molar-refractivity contribution in [1.82, 2.24) is 14.7 Å². The van der Waals surface area contributed by atoms with E-state index in [-0.39, 0.29) is 30.7 Å². The largest absolute Gasteiger partial charge is 0.390 e. The number of hydrogen-bond donors (Lipinski definition) is 1. The Hall–Kier alpha value is -0.850. The highest BCUT2D eigenvalue weighted by Gasteiger charge is 2.24. The molecule has 1 N–H and O–H groups in total. The molecule has 142 valence electrons. The summed E-state index contributed by atoms with van der Waals surface area (Å²) in [6.45, 7) is 7.00. The van der Waals surface area contributed by atoms with Crippen molar-refractivity contribution in [3.8, 4) is 0 Å². The minimum atomic E-state index is -0.433. The number of carbonyl (C=O) groups excluding carboxylic acids is 1. The number of rotatable bonds is 6. The van der Waals surface area contributed by atoms with Crippen LogP contribution in [-0.2, 0) is 11.3 Å². The number of aliphatic hydroxyl groups excluding tert-OH is 1. The molecule has 0 radical (unpaired) electrons. The van der Waals surface area contributed by atoms with Gasteiger partial charge in [0.25, 0.3) is 0 Å². The van der Waals surface area contributed by atoms with Crippen LogP contribution in [0.25, 0.3) is 0 Å². The molecule has 2 saturated heterocycles. The first-order chi connectivity index (χ1) is 11.2. The molecular weight excluding hydrogens is 361 g/mol. The van der Waals surface area contributed by atoms with Gasteiger partial charge in [0.1, 0.15) is 0 Å². The molecule has 0 saturated carbocycles. The van der Waals surface area contributed by atoms with Crippen molar-refractivity contribution in [1.29, 1.82) is 0 Å². The Morgan fingerprint density at radius 2 is 1.56 bits per heavy atom. The van der Waals surface area contributed by atoms with Crippen molar-refractivity contribution in [3.05, 3.63) is 35.9 Å². The van der Waals surface area contributed by atoms with Crippen LogP contribution in [-0.4, -0.2) is 77.6 Å². The molecule has 1 aromatic carbocycles. The van der Waals surface area contributed by atoms with Gasteiger partial charge in [-0.3, -0.25) is 14.6 Å². The second-order valence-electron chi connectivity index (χ2n) is 6.66. The smallest absolute Gasteiger partial charge is 0.222 e. The third kappa shape index (κ3) is 6.76. The molecule has 3 rings (SSSR count). The van der Waals surface area contributed by atoms with Crippen molar-refractivity contribution >= 4 is 30.7 Å². The molecule has 2 aliphatic rings. The zero-order chi connectivity index (χ0) is 16.1. The Labute approximate surface area is 162 Å². The lowest BCUT2D eigenvalue weighted by molar-refractivity contribution is -0.129. The zero-order valence-corrected chi connectivity index (χ0v) is 16.2. The van der Waals surface area contributed by atoms with Gasteiger partial charge in [0.15, 0.2) is 0 Å². The third-order valence-electron chi connectivity index (χ3n) is 4.79. The minimum absolute atomic E-state index is 0. The zero-order valence-electron chi connectivity index (χ0n) is 14.5. The lowest BCUT2D eigenvalue weighted by Crippen LogP contribution is -2.49. The summed E-state index contributed by atoms with van der Waals surface area (Å²) in [7, 11) is 0. The number of benzene rings is 1. The van der Waals surface area contributed by atoms with Crippen LogP contribution in [0.1, 0.15) is 18.4 Å². The molecule has 0 spiro atoms. The average molecular weight is 390 g/mol. The van der Waals surface area contributed by atoms with Crippen molar-refractivity contribution < 1.29 is 9.90 Å². The summed E-state index contributed by atoms with van der Waals surface area (Å²) in [5.74, 6) is 0.191. The highest BCUT2D eigenvalue weighted by molar-refractivity contribution is 5.85. The SMILES string of the molecule is Cl.Cl.O=C1CCCN1CC(O)CN1CCN(Cc2ccccc2)CC1. The van der Waals surface area contributed by atoms with E-state index < -0.39 is 6.10 Å². The van der Waals surface area contributed by atoms with Gasteiger partial charge in [-0.25, -0.2) is 0 Å². The predicted molar refractivity (Wildman–Crippen MR) is 104 cm³/mol. The number of carbonyl (C=O) groups is 1. The first-order valence-corrected chi connectivity index (χ1v) is 8.65. The maximum absolute atomic E-state index is 11.6. The quantitative estimate of drug-likeness (QED) is 0.802. The molecule has 1 aromatic rings. The van der Waals surface area contributed by atoms with Gasteiger partial charge in [-0.1, -0.05) is 30.3 Å². The van der Waals surface area contributed by atoms with Gasteiger partial charge in [0.2, 0.25) is 5.91 Å². The number of β-amino-alcohol motifs (C(OH)–C–C–N with tert-alkyl or cyclic N) is 1. The minimum Gasteiger partial charge on any atom is -0.390 e. The second-order valence-corrected chi connectivity index (χ2v) is 6.66. The number of nitrogens with zero attached hydrogens (tertiary/aromatic N) is 3. The predicted octanol–water partition coefficient (Wildman–Crippen LogP) is 1.63. The highest BCUT2D eigenvalue weighted by atomic mass is 35.5. The van der Waals surface area contributed by atoms with E-state index in [1.165, 1.54) is 5.56 Å². The van der Waals surface area contributed by atoms with Gasteiger partial charge in [-0.15, -0.1) is 24.8 Å². The maximum atomic E-state index is 11.6. The van der Waals surface area contributed by atoms with Crippen molar-refractivity contribution in [2.45, 2.75) is 25.5 Å². The monoisotopic (exact) mass is 389 g/mol. The molecule has 0 aliphatic carbocycles. The van der Waals surface area contributed by atoms with E-state index in [1.807, 2.05) is 6.07 Å². The second kappa shape index (κ2) is 11.0. The number of hydrogen-bond acceptors (Lipinski definition) is 4. The van der Waals surface area contributed by atoms with Crippen LogP contribution in [0, 0.1) is 0 Å². The normalized spacial score (nSPS) is 20.0. The molecule has 1 amide bonds. The van der Waals surface area contributed by atoms with Crippen LogP contribution in [0.2, 0.25) is 0 Å². The Morgan fingerprint density at radius 1 is 0.920 bits per heavy atom. The number of piperazine rings is 1. The molecule has 2 fully saturated rings. The van der Waals surface area contributed by atoms with E-state index in [9.17, 15) is 9.90 Å². The number of aliphatic hydroxyl groups is 1. The topological polar surface area (TPSA) is 47.0 Å². The van der Waals surface area contributed by atoms with Crippen LogP contribution in [0.5, 0.6) is 0 Å². The van der Waals surface area contributed by atoms with Crippen LogP contribution in [0.3, 0.4) is 0 Å². The number of likely N-dealkylation sites (tertiary alicyclic amines) is 1. The van der Waals surface area contributed by atoms with Gasteiger partial charge in [-0.05, 0) is 12.0 Å². The van der Waals surface area contributed by atoms with E-state index in [1.54, 1.807) is 4.90 Å². The van der Waals surface area contributed by atoms with Gasteiger partial charge in [0.05, 0.1) is 6.10 Å². The van der Waals surface area contributed by atoms with E-state index in [0.29, 0.717) is 19.5 Å². The number of amides is 1. The summed E-state index contributed by atoms with van der Waals surface area (Å²) >= 11 is 0. The van der Waals surface area contributed by atoms with Gasteiger partial charge < -0.3 is 10.0 Å². The summed E-state index contributed by atoms with van der Waals surface area (Å²) in [5, 5.41) is 10.2. The van der Waals surface area contributed by atoms with Crippen LogP contribution < -0.4 is 0 Å². The van der Waals surface area contributed by atoms with E-state index in [4.69, 9.17) is 0 Å². The summed E-state index contributed by atoms with van der Waals surface area (Å²) in [6.07, 6.45) is 1.15. The molecule has 0 bridgehead atoms. The molecule has 25 heavy (non-hydrogen) atoms. The summed E-state index contributed by atoms with van der Waals surface area (Å²) in [6, 6.07) is 10.6. The van der Waals surface area contributed by atoms with Crippen molar-refractivity contribution in [3.63, 3.8) is 0 Å². The lowest BCUT2D eigenvalue weighted by Gasteiger charge is -2.36. The van der Waals surface area contributed by atoms with E-state index in [0.717, 1.165) is 45.7 Å². The van der Waals surface area contributed by atoms with Crippen LogP contribution in [0.15, 0.2) is 30.3 Å². The Balaban J connectivity index is 0.00000156. The summed E-state index contributed by atoms with van der Waals surface area (Å²) in [5.41, 5.74) is 1.36. The highest BCUT2D eigenvalue weighted by Crippen LogP contribution is 2.12. The Morgan fingerprint density at radius 3 is 2.16 bits per heavy atom. The van der Waals surface area contributed by atoms with Crippen molar-refractivity contribution in [2.75, 3.05) is 45.8 Å². The molecule has 7 heteroatoms. The van der Waals surface area contributed by atoms with Gasteiger partial charge >= 0.3 is 0 Å². The first-order valence-electron chi connectivity index (χ1n) is 8.65. The molecule has 2 heterocycles. The first kappa shape index (κ1) is 22.2. The van der Waals surface area contributed by atoms with Crippen LogP contribution >= 0.6 is 24.8 Å². The summed E-state index contributed by atoms with van der Waals surface area (Å²) < 4.78 is 0. The Kier molecular flexibility index (Phi) is 9.75. The van der Waals surface area contributed by atoms with Gasteiger partial charge in [0, 0.05) is 58.8 Å². The molecule has 2 aliphatic heterocycles. The van der Waals surface area contributed by atoms with Crippen LogP contribution in [0.4, 0.5) is 0 Å². The molecule has 1 unspecified atom stereocenters. The number of halogens is 2. The maximum Gasteiger partial charge on any atom is 0.222 e. The molecule has 5 nitrogen and oxygen atoms in total. The Bertz CT molecular complexity index is 510. The average Bonchev–Trinajstić information content (AvgIpc) is 2.95. The standard InChI is InChI=1S/C18H27N3O2.2ClH/c22-17(15-21-8-4-7-18(21)23)14-20-11-9-19(10-12-20)13-16-5-2-1-3-6-16;;/h1-3,5-6,17,22H,4,7-15H2;2*1H. The fourth-order valence-corrected chi connectivity index (χ4v) is 3.48. The fourth-order valence-electron chi connectivity index (χ4n) is 3.48. The molecular formula is C18H29Cl2N3O2. The van der Waals surface area contributed by atoms with E-state index in [2.05, 4.69) is 34.1 Å².